The lowest BCUT2D eigenvalue weighted by atomic mass is 10.0. The van der Waals surface area contributed by atoms with Crippen LogP contribution in [0.3, 0.4) is 0 Å². The van der Waals surface area contributed by atoms with Crippen molar-refractivity contribution in [3.63, 3.8) is 0 Å². The van der Waals surface area contributed by atoms with Gasteiger partial charge < -0.3 is 10.5 Å². The van der Waals surface area contributed by atoms with Crippen LogP contribution < -0.4 is 5.73 Å². The summed E-state index contributed by atoms with van der Waals surface area (Å²) in [5, 5.41) is -0.417. The molecule has 1 saturated heterocycles. The van der Waals surface area contributed by atoms with Gasteiger partial charge in [-0.25, -0.2) is 8.42 Å². The highest BCUT2D eigenvalue weighted by molar-refractivity contribution is 7.92. The Balaban J connectivity index is 2.14. The van der Waals surface area contributed by atoms with Crippen molar-refractivity contribution in [2.75, 3.05) is 12.4 Å². The van der Waals surface area contributed by atoms with Gasteiger partial charge in [0, 0.05) is 12.6 Å². The molecule has 2 N–H and O–H groups in total. The Morgan fingerprint density at radius 2 is 2.05 bits per heavy atom. The molecule has 1 aromatic rings. The van der Waals surface area contributed by atoms with E-state index in [1.807, 2.05) is 39.0 Å². The summed E-state index contributed by atoms with van der Waals surface area (Å²) in [5.74, 6) is -0.0200. The van der Waals surface area contributed by atoms with Gasteiger partial charge in [-0.2, -0.15) is 0 Å². The molecule has 5 heteroatoms. The third-order valence-corrected chi connectivity index (χ3v) is 6.50. The van der Waals surface area contributed by atoms with Crippen molar-refractivity contribution in [2.45, 2.75) is 44.6 Å². The number of rotatable bonds is 4. The minimum Gasteiger partial charge on any atom is -0.377 e. The zero-order valence-corrected chi connectivity index (χ0v) is 13.1. The monoisotopic (exact) mass is 297 g/mol. The van der Waals surface area contributed by atoms with E-state index in [2.05, 4.69) is 0 Å². The summed E-state index contributed by atoms with van der Waals surface area (Å²) in [6.45, 7) is 6.37. The van der Waals surface area contributed by atoms with Crippen molar-refractivity contribution < 1.29 is 13.2 Å². The van der Waals surface area contributed by atoms with Gasteiger partial charge in [-0.05, 0) is 43.9 Å². The van der Waals surface area contributed by atoms with Gasteiger partial charge in [0.2, 0.25) is 0 Å². The number of benzene rings is 1. The molecule has 3 atom stereocenters. The van der Waals surface area contributed by atoms with Crippen molar-refractivity contribution >= 4 is 9.84 Å². The van der Waals surface area contributed by atoms with Crippen LogP contribution in [-0.4, -0.2) is 32.1 Å². The predicted octanol–water partition coefficient (Wildman–Crippen LogP) is 1.90. The quantitative estimate of drug-likeness (QED) is 0.921. The molecular weight excluding hydrogens is 274 g/mol. The van der Waals surface area contributed by atoms with E-state index in [0.29, 0.717) is 13.0 Å². The zero-order valence-electron chi connectivity index (χ0n) is 12.3. The second kappa shape index (κ2) is 5.84. The van der Waals surface area contributed by atoms with Crippen LogP contribution in [0, 0.1) is 13.8 Å². The smallest absolute Gasteiger partial charge is 0.157 e. The number of hydrogen-bond donors (Lipinski definition) is 1. The fourth-order valence-electron chi connectivity index (χ4n) is 2.65. The van der Waals surface area contributed by atoms with Crippen LogP contribution in [-0.2, 0) is 14.6 Å². The van der Waals surface area contributed by atoms with E-state index in [-0.39, 0.29) is 11.9 Å². The van der Waals surface area contributed by atoms with Gasteiger partial charge in [0.15, 0.2) is 9.84 Å². The molecular formula is C15H23NO3S. The molecule has 0 aliphatic carbocycles. The van der Waals surface area contributed by atoms with Gasteiger partial charge in [-0.15, -0.1) is 0 Å². The van der Waals surface area contributed by atoms with Gasteiger partial charge in [-0.3, -0.25) is 0 Å². The first-order valence-electron chi connectivity index (χ1n) is 6.97. The fourth-order valence-corrected chi connectivity index (χ4v) is 4.71. The van der Waals surface area contributed by atoms with Crippen molar-refractivity contribution in [3.8, 4) is 0 Å². The maximum Gasteiger partial charge on any atom is 0.157 e. The Hall–Kier alpha value is -0.910. The fraction of sp³-hybridized carbons (Fsp3) is 0.600. The van der Waals surface area contributed by atoms with E-state index in [4.69, 9.17) is 10.5 Å². The van der Waals surface area contributed by atoms with E-state index < -0.39 is 21.1 Å². The van der Waals surface area contributed by atoms with E-state index >= 15 is 0 Å². The highest BCUT2D eigenvalue weighted by atomic mass is 32.2. The Bertz CT molecular complexity index is 583. The normalized spacial score (nSPS) is 24.8. The predicted molar refractivity (Wildman–Crippen MR) is 80.5 cm³/mol. The van der Waals surface area contributed by atoms with E-state index in [9.17, 15) is 8.42 Å². The Kier molecular flexibility index (Phi) is 4.52. The lowest BCUT2D eigenvalue weighted by Crippen LogP contribution is -2.34. The molecule has 2 rings (SSSR count). The molecule has 0 aromatic heterocycles. The Labute approximate surface area is 121 Å². The lowest BCUT2D eigenvalue weighted by Gasteiger charge is -2.19. The maximum absolute atomic E-state index is 12.4. The molecule has 20 heavy (non-hydrogen) atoms. The summed E-state index contributed by atoms with van der Waals surface area (Å²) < 4.78 is 30.2. The number of nitrogens with two attached hydrogens (primary N) is 1. The van der Waals surface area contributed by atoms with E-state index in [1.54, 1.807) is 0 Å². The number of sulfone groups is 1. The zero-order chi connectivity index (χ0) is 14.9. The molecule has 1 aromatic carbocycles. The van der Waals surface area contributed by atoms with Crippen molar-refractivity contribution in [3.05, 3.63) is 34.9 Å². The summed E-state index contributed by atoms with van der Waals surface area (Å²) in [4.78, 5) is 0. The molecule has 0 amide bonds. The summed E-state index contributed by atoms with van der Waals surface area (Å²) in [7, 11) is -3.23. The lowest BCUT2D eigenvalue weighted by molar-refractivity contribution is 0.126. The van der Waals surface area contributed by atoms with Crippen LogP contribution in [0.4, 0.5) is 0 Å². The van der Waals surface area contributed by atoms with Gasteiger partial charge >= 0.3 is 0 Å². The molecule has 1 aliphatic heterocycles. The summed E-state index contributed by atoms with van der Waals surface area (Å²) in [6.07, 6.45) is 0.343. The first kappa shape index (κ1) is 15.5. The third kappa shape index (κ3) is 3.22. The first-order valence-corrected chi connectivity index (χ1v) is 8.68. The highest BCUT2D eigenvalue weighted by Gasteiger charge is 2.36. The number of ether oxygens (including phenoxy) is 1. The van der Waals surface area contributed by atoms with Crippen LogP contribution in [0.2, 0.25) is 0 Å². The second-order valence-corrected chi connectivity index (χ2v) is 7.95. The molecule has 1 aliphatic rings. The molecule has 112 valence electrons. The average molecular weight is 297 g/mol. The van der Waals surface area contributed by atoms with E-state index in [1.165, 1.54) is 5.56 Å². The van der Waals surface area contributed by atoms with Gasteiger partial charge in [0.1, 0.15) is 0 Å². The molecule has 0 spiro atoms. The average Bonchev–Trinajstić information content (AvgIpc) is 2.79. The van der Waals surface area contributed by atoms with Crippen molar-refractivity contribution in [1.82, 2.24) is 0 Å². The molecule has 0 saturated carbocycles. The Morgan fingerprint density at radius 1 is 1.35 bits per heavy atom. The van der Waals surface area contributed by atoms with Crippen LogP contribution in [0.25, 0.3) is 0 Å². The van der Waals surface area contributed by atoms with Gasteiger partial charge in [0.05, 0.1) is 17.1 Å². The number of aryl methyl sites for hydroxylation is 2. The second-order valence-electron chi connectivity index (χ2n) is 5.68. The van der Waals surface area contributed by atoms with Gasteiger partial charge in [0.25, 0.3) is 0 Å². The molecule has 1 fully saturated rings. The maximum atomic E-state index is 12.4. The molecule has 0 bridgehead atoms. The highest BCUT2D eigenvalue weighted by Crippen LogP contribution is 2.25. The minimum atomic E-state index is -3.23. The van der Waals surface area contributed by atoms with Gasteiger partial charge in [-0.1, -0.05) is 18.2 Å². The first-order chi connectivity index (χ1) is 9.31. The Morgan fingerprint density at radius 3 is 2.60 bits per heavy atom. The van der Waals surface area contributed by atoms with Crippen molar-refractivity contribution in [2.24, 2.45) is 5.73 Å². The SMILES string of the molecule is Cc1ccc(C(N)CS(=O)(=O)C2CCOC2C)cc1C. The largest absolute Gasteiger partial charge is 0.377 e. The van der Waals surface area contributed by atoms with E-state index in [0.717, 1.165) is 11.1 Å². The standard InChI is InChI=1S/C15H23NO3S/c1-10-4-5-13(8-11(10)2)14(16)9-20(17,18)15-6-7-19-12(15)3/h4-5,8,12,14-15H,6-7,9,16H2,1-3H3. The topological polar surface area (TPSA) is 69.4 Å². The molecule has 0 radical (unpaired) electrons. The third-order valence-electron chi connectivity index (χ3n) is 4.14. The summed E-state index contributed by atoms with van der Waals surface area (Å²) in [5.41, 5.74) is 9.29. The van der Waals surface area contributed by atoms with Crippen LogP contribution >= 0.6 is 0 Å². The van der Waals surface area contributed by atoms with Crippen LogP contribution in [0.5, 0.6) is 0 Å². The molecule has 4 nitrogen and oxygen atoms in total. The number of hydrogen-bond acceptors (Lipinski definition) is 4. The molecule has 1 heterocycles. The summed E-state index contributed by atoms with van der Waals surface area (Å²) >= 11 is 0. The minimum absolute atomic E-state index is 0.0200. The molecule has 3 unspecified atom stereocenters. The summed E-state index contributed by atoms with van der Waals surface area (Å²) in [6, 6.07) is 5.40. The van der Waals surface area contributed by atoms with Crippen molar-refractivity contribution in [1.29, 1.82) is 0 Å². The van der Waals surface area contributed by atoms with Crippen LogP contribution in [0.15, 0.2) is 18.2 Å². The van der Waals surface area contributed by atoms with Crippen LogP contribution in [0.1, 0.15) is 36.1 Å².